The molecule has 0 aliphatic heterocycles. The van der Waals surface area contributed by atoms with Crippen molar-refractivity contribution in [2.45, 2.75) is 26.0 Å². The molecule has 7 heteroatoms. The summed E-state index contributed by atoms with van der Waals surface area (Å²) in [6.45, 7) is 3.25. The number of hydrogen-bond acceptors (Lipinski definition) is 5. The van der Waals surface area contributed by atoms with Crippen LogP contribution < -0.4 is 10.1 Å². The number of nitrogens with one attached hydrogen (secondary N) is 1. The summed E-state index contributed by atoms with van der Waals surface area (Å²) in [6, 6.07) is 19.2. The zero-order chi connectivity index (χ0) is 22.8. The molecule has 1 amide bonds. The molecular formula is C25H28FN3O3. The molecule has 0 saturated carbocycles. The summed E-state index contributed by atoms with van der Waals surface area (Å²) in [5, 5.41) is 13.3. The summed E-state index contributed by atoms with van der Waals surface area (Å²) in [4.78, 5) is 17.6. The number of carbonyl (C=O) groups is 1. The molecule has 1 atom stereocenters. The van der Waals surface area contributed by atoms with Crippen molar-refractivity contribution in [2.24, 2.45) is 0 Å². The van der Waals surface area contributed by atoms with Crippen molar-refractivity contribution in [3.8, 4) is 5.75 Å². The van der Waals surface area contributed by atoms with E-state index in [1.807, 2.05) is 18.2 Å². The van der Waals surface area contributed by atoms with Crippen molar-refractivity contribution in [2.75, 3.05) is 25.0 Å². The van der Waals surface area contributed by atoms with Crippen molar-refractivity contribution < 1.29 is 19.0 Å². The minimum atomic E-state index is -0.714. The fraction of sp³-hybridized carbons (Fsp3) is 0.280. The van der Waals surface area contributed by atoms with Gasteiger partial charge >= 0.3 is 0 Å². The molecule has 1 heterocycles. The zero-order valence-corrected chi connectivity index (χ0v) is 18.1. The van der Waals surface area contributed by atoms with Crippen LogP contribution in [0.25, 0.3) is 0 Å². The Morgan fingerprint density at radius 2 is 1.88 bits per heavy atom. The van der Waals surface area contributed by atoms with E-state index in [0.717, 1.165) is 17.7 Å². The second-order valence-electron chi connectivity index (χ2n) is 7.60. The topological polar surface area (TPSA) is 74.7 Å². The minimum Gasteiger partial charge on any atom is -0.491 e. The van der Waals surface area contributed by atoms with Gasteiger partial charge in [0.25, 0.3) is 0 Å². The molecule has 1 aromatic heterocycles. The zero-order valence-electron chi connectivity index (χ0n) is 18.1. The van der Waals surface area contributed by atoms with E-state index >= 15 is 0 Å². The van der Waals surface area contributed by atoms with Gasteiger partial charge in [-0.05, 0) is 54.1 Å². The molecule has 0 aliphatic rings. The Hall–Kier alpha value is -3.29. The van der Waals surface area contributed by atoms with Crippen LogP contribution in [0.2, 0.25) is 0 Å². The van der Waals surface area contributed by atoms with Crippen molar-refractivity contribution >= 4 is 11.6 Å². The highest BCUT2D eigenvalue weighted by molar-refractivity contribution is 5.88. The van der Waals surface area contributed by atoms with Gasteiger partial charge in [0.05, 0.1) is 0 Å². The van der Waals surface area contributed by atoms with E-state index < -0.39 is 6.10 Å². The third-order valence-electron chi connectivity index (χ3n) is 4.82. The van der Waals surface area contributed by atoms with E-state index in [4.69, 9.17) is 4.74 Å². The lowest BCUT2D eigenvalue weighted by molar-refractivity contribution is -0.114. The summed E-state index contributed by atoms with van der Waals surface area (Å²) in [6.07, 6.45) is 1.79. The normalized spacial score (nSPS) is 11.9. The third-order valence-corrected chi connectivity index (χ3v) is 4.82. The number of nitrogens with zero attached hydrogens (tertiary/aromatic N) is 2. The Morgan fingerprint density at radius 3 is 2.53 bits per heavy atom. The number of carbonyl (C=O) groups excluding carboxylic acids is 1. The number of halogens is 1. The predicted molar refractivity (Wildman–Crippen MR) is 122 cm³/mol. The number of anilines is 1. The first kappa shape index (κ1) is 23.4. The van der Waals surface area contributed by atoms with Gasteiger partial charge in [0, 0.05) is 50.6 Å². The maximum Gasteiger partial charge on any atom is 0.221 e. The monoisotopic (exact) mass is 437 g/mol. The number of aliphatic hydroxyl groups excluding tert-OH is 1. The van der Waals surface area contributed by atoms with Crippen molar-refractivity contribution in [1.29, 1.82) is 0 Å². The average Bonchev–Trinajstić information content (AvgIpc) is 2.79. The second kappa shape index (κ2) is 11.9. The van der Waals surface area contributed by atoms with Gasteiger partial charge in [-0.1, -0.05) is 18.2 Å². The highest BCUT2D eigenvalue weighted by Gasteiger charge is 2.14. The van der Waals surface area contributed by atoms with Crippen LogP contribution >= 0.6 is 0 Å². The van der Waals surface area contributed by atoms with Crippen LogP contribution in [0.1, 0.15) is 18.2 Å². The first-order chi connectivity index (χ1) is 15.5. The molecule has 0 saturated heterocycles. The van der Waals surface area contributed by atoms with E-state index in [2.05, 4.69) is 15.2 Å². The summed E-state index contributed by atoms with van der Waals surface area (Å²) < 4.78 is 19.0. The molecule has 2 N–H and O–H groups in total. The molecule has 0 spiro atoms. The standard InChI is InChI=1S/C25H28FN3O3/c1-19(30)28-23-9-11-25(12-10-23)32-18-24(31)17-29(15-13-22-4-2-3-14-27-22)16-20-5-7-21(26)8-6-20/h2-12,14,24,31H,13,15-18H2,1H3,(H,28,30). The van der Waals surface area contributed by atoms with Gasteiger partial charge in [-0.25, -0.2) is 4.39 Å². The Kier molecular flexibility index (Phi) is 8.71. The van der Waals surface area contributed by atoms with Crippen LogP contribution in [-0.2, 0) is 17.8 Å². The van der Waals surface area contributed by atoms with E-state index in [-0.39, 0.29) is 18.3 Å². The van der Waals surface area contributed by atoms with Crippen LogP contribution in [0.4, 0.5) is 10.1 Å². The number of rotatable bonds is 11. The van der Waals surface area contributed by atoms with Crippen LogP contribution in [0.15, 0.2) is 72.9 Å². The fourth-order valence-electron chi connectivity index (χ4n) is 3.28. The summed E-state index contributed by atoms with van der Waals surface area (Å²) in [7, 11) is 0. The largest absolute Gasteiger partial charge is 0.491 e. The summed E-state index contributed by atoms with van der Waals surface area (Å²) >= 11 is 0. The second-order valence-corrected chi connectivity index (χ2v) is 7.60. The molecule has 2 aromatic carbocycles. The number of pyridine rings is 1. The molecule has 3 aromatic rings. The van der Waals surface area contributed by atoms with E-state index in [9.17, 15) is 14.3 Å². The molecule has 168 valence electrons. The molecule has 32 heavy (non-hydrogen) atoms. The van der Waals surface area contributed by atoms with Crippen LogP contribution in [-0.4, -0.2) is 46.7 Å². The van der Waals surface area contributed by atoms with Gasteiger partial charge in [0.15, 0.2) is 0 Å². The Morgan fingerprint density at radius 1 is 1.12 bits per heavy atom. The fourth-order valence-corrected chi connectivity index (χ4v) is 3.28. The SMILES string of the molecule is CC(=O)Nc1ccc(OCC(O)CN(CCc2ccccn2)Cc2ccc(F)cc2)cc1. The number of aromatic nitrogens is 1. The maximum absolute atomic E-state index is 13.3. The number of hydrogen-bond donors (Lipinski definition) is 2. The van der Waals surface area contributed by atoms with Gasteiger partial charge in [0.1, 0.15) is 24.3 Å². The quantitative estimate of drug-likeness (QED) is 0.479. The van der Waals surface area contributed by atoms with Gasteiger partial charge in [-0.2, -0.15) is 0 Å². The number of amides is 1. The maximum atomic E-state index is 13.3. The number of aliphatic hydroxyl groups is 1. The molecule has 6 nitrogen and oxygen atoms in total. The van der Waals surface area contributed by atoms with Crippen molar-refractivity contribution in [3.05, 3.63) is 90.0 Å². The molecule has 0 fully saturated rings. The Labute approximate surface area is 187 Å². The molecular weight excluding hydrogens is 409 g/mol. The highest BCUT2D eigenvalue weighted by atomic mass is 19.1. The Bertz CT molecular complexity index is 966. The van der Waals surface area contributed by atoms with Crippen LogP contribution in [0, 0.1) is 5.82 Å². The van der Waals surface area contributed by atoms with Crippen LogP contribution in [0.5, 0.6) is 5.75 Å². The van der Waals surface area contributed by atoms with Crippen molar-refractivity contribution in [1.82, 2.24) is 9.88 Å². The molecule has 3 rings (SSSR count). The van der Waals surface area contributed by atoms with E-state index in [1.54, 1.807) is 42.6 Å². The molecule has 0 aliphatic carbocycles. The average molecular weight is 438 g/mol. The molecule has 1 unspecified atom stereocenters. The lowest BCUT2D eigenvalue weighted by Crippen LogP contribution is -2.36. The number of benzene rings is 2. The highest BCUT2D eigenvalue weighted by Crippen LogP contribution is 2.16. The third kappa shape index (κ3) is 8.09. The van der Waals surface area contributed by atoms with Gasteiger partial charge < -0.3 is 15.2 Å². The lowest BCUT2D eigenvalue weighted by Gasteiger charge is -2.25. The van der Waals surface area contributed by atoms with E-state index in [1.165, 1.54) is 19.1 Å². The minimum absolute atomic E-state index is 0.128. The van der Waals surface area contributed by atoms with Gasteiger partial charge in [-0.15, -0.1) is 0 Å². The first-order valence-electron chi connectivity index (χ1n) is 10.5. The Balaban J connectivity index is 1.55. The summed E-state index contributed by atoms with van der Waals surface area (Å²) in [5.41, 5.74) is 2.63. The van der Waals surface area contributed by atoms with Crippen LogP contribution in [0.3, 0.4) is 0 Å². The first-order valence-corrected chi connectivity index (χ1v) is 10.5. The molecule has 0 radical (unpaired) electrons. The van der Waals surface area contributed by atoms with Crippen molar-refractivity contribution in [3.63, 3.8) is 0 Å². The predicted octanol–water partition coefficient (Wildman–Crippen LogP) is 3.66. The van der Waals surface area contributed by atoms with E-state index in [0.29, 0.717) is 31.1 Å². The van der Waals surface area contributed by atoms with Gasteiger partial charge in [-0.3, -0.25) is 14.7 Å². The van der Waals surface area contributed by atoms with Gasteiger partial charge in [0.2, 0.25) is 5.91 Å². The number of ether oxygens (including phenoxy) is 1. The summed E-state index contributed by atoms with van der Waals surface area (Å²) in [5.74, 6) is 0.199. The molecule has 0 bridgehead atoms. The smallest absolute Gasteiger partial charge is 0.221 e. The lowest BCUT2D eigenvalue weighted by atomic mass is 10.1.